The van der Waals surface area contributed by atoms with Gasteiger partial charge in [-0.05, 0) is 49.7 Å². The van der Waals surface area contributed by atoms with Crippen LogP contribution in [-0.2, 0) is 10.0 Å². The van der Waals surface area contributed by atoms with Crippen molar-refractivity contribution in [3.8, 4) is 0 Å². The van der Waals surface area contributed by atoms with E-state index in [-0.39, 0.29) is 22.2 Å². The summed E-state index contributed by atoms with van der Waals surface area (Å²) in [6.45, 7) is 6.06. The van der Waals surface area contributed by atoms with E-state index in [9.17, 15) is 18.3 Å². The minimum absolute atomic E-state index is 0.0422. The van der Waals surface area contributed by atoms with Gasteiger partial charge in [-0.2, -0.15) is 0 Å². The standard InChI is InChI=1S/C24H26N4O4S/c1-17-7-6-8-20(13-17)28-12-11-27(16-18(28)2)23-22(24(29)30)14-19(15-25-23)26-33(31,32)21-9-4-3-5-10-21/h3-10,13-15,18,26H,11-12,16H2,1-2H3,(H,29,30). The Morgan fingerprint density at radius 2 is 1.85 bits per heavy atom. The van der Waals surface area contributed by atoms with E-state index >= 15 is 0 Å². The molecule has 0 saturated carbocycles. The van der Waals surface area contributed by atoms with Crippen molar-refractivity contribution in [3.05, 3.63) is 78.0 Å². The maximum atomic E-state index is 12.6. The van der Waals surface area contributed by atoms with E-state index in [1.165, 1.54) is 30.0 Å². The van der Waals surface area contributed by atoms with E-state index in [1.807, 2.05) is 11.0 Å². The van der Waals surface area contributed by atoms with Crippen molar-refractivity contribution < 1.29 is 18.3 Å². The molecule has 172 valence electrons. The van der Waals surface area contributed by atoms with Gasteiger partial charge in [0.1, 0.15) is 11.4 Å². The van der Waals surface area contributed by atoms with Crippen LogP contribution in [0.3, 0.4) is 0 Å². The molecule has 8 nitrogen and oxygen atoms in total. The minimum Gasteiger partial charge on any atom is -0.478 e. The van der Waals surface area contributed by atoms with Gasteiger partial charge in [0.05, 0.1) is 16.8 Å². The first-order chi connectivity index (χ1) is 15.7. The Balaban J connectivity index is 1.56. The van der Waals surface area contributed by atoms with Crippen molar-refractivity contribution >= 4 is 33.2 Å². The highest BCUT2D eigenvalue weighted by Crippen LogP contribution is 2.28. The largest absolute Gasteiger partial charge is 0.478 e. The summed E-state index contributed by atoms with van der Waals surface area (Å²) in [7, 11) is -3.85. The number of carbonyl (C=O) groups is 1. The van der Waals surface area contributed by atoms with Crippen LogP contribution in [0.4, 0.5) is 17.2 Å². The van der Waals surface area contributed by atoms with Crippen molar-refractivity contribution in [1.29, 1.82) is 0 Å². The molecule has 2 aromatic carbocycles. The first kappa shape index (κ1) is 22.6. The number of pyridine rings is 1. The zero-order valence-electron chi connectivity index (χ0n) is 18.5. The monoisotopic (exact) mass is 466 g/mol. The lowest BCUT2D eigenvalue weighted by molar-refractivity contribution is 0.0697. The number of benzene rings is 2. The number of piperazine rings is 1. The molecule has 1 aliphatic rings. The predicted octanol–water partition coefficient (Wildman–Crippen LogP) is 3.60. The van der Waals surface area contributed by atoms with E-state index < -0.39 is 16.0 Å². The number of nitrogens with zero attached hydrogens (tertiary/aromatic N) is 3. The Hall–Kier alpha value is -3.59. The van der Waals surface area contributed by atoms with Crippen molar-refractivity contribution in [2.75, 3.05) is 34.2 Å². The smallest absolute Gasteiger partial charge is 0.339 e. The molecule has 2 N–H and O–H groups in total. The van der Waals surface area contributed by atoms with Gasteiger partial charge in [-0.25, -0.2) is 18.2 Å². The number of anilines is 3. The Bertz CT molecular complexity index is 1260. The second-order valence-corrected chi connectivity index (χ2v) is 9.83. The van der Waals surface area contributed by atoms with Gasteiger partial charge < -0.3 is 14.9 Å². The van der Waals surface area contributed by atoms with E-state index in [2.05, 4.69) is 46.7 Å². The van der Waals surface area contributed by atoms with Crippen LogP contribution >= 0.6 is 0 Å². The highest BCUT2D eigenvalue weighted by Gasteiger charge is 2.28. The van der Waals surface area contributed by atoms with Gasteiger partial charge in [0.2, 0.25) is 0 Å². The number of aromatic nitrogens is 1. The number of aryl methyl sites for hydroxylation is 1. The van der Waals surface area contributed by atoms with Gasteiger partial charge in [-0.3, -0.25) is 4.72 Å². The SMILES string of the molecule is Cc1cccc(N2CCN(c3ncc(NS(=O)(=O)c4ccccc4)cc3C(=O)O)CC2C)c1. The van der Waals surface area contributed by atoms with Crippen LogP contribution < -0.4 is 14.5 Å². The predicted molar refractivity (Wildman–Crippen MR) is 129 cm³/mol. The van der Waals surface area contributed by atoms with E-state index in [0.29, 0.717) is 25.5 Å². The molecule has 1 saturated heterocycles. The zero-order valence-corrected chi connectivity index (χ0v) is 19.3. The molecule has 3 aromatic rings. The number of aromatic carboxylic acids is 1. The maximum Gasteiger partial charge on any atom is 0.339 e. The van der Waals surface area contributed by atoms with Gasteiger partial charge in [-0.1, -0.05) is 30.3 Å². The second-order valence-electron chi connectivity index (χ2n) is 8.15. The Morgan fingerprint density at radius 1 is 1.09 bits per heavy atom. The molecule has 1 aromatic heterocycles. The molecule has 0 radical (unpaired) electrons. The topological polar surface area (TPSA) is 103 Å². The summed E-state index contributed by atoms with van der Waals surface area (Å²) in [4.78, 5) is 20.7. The van der Waals surface area contributed by atoms with E-state index in [4.69, 9.17) is 0 Å². The minimum atomic E-state index is -3.85. The Kier molecular flexibility index (Phi) is 6.24. The average Bonchev–Trinajstić information content (AvgIpc) is 2.79. The molecule has 0 spiro atoms. The molecule has 2 heterocycles. The van der Waals surface area contributed by atoms with Crippen molar-refractivity contribution in [3.63, 3.8) is 0 Å². The molecule has 1 atom stereocenters. The summed E-state index contributed by atoms with van der Waals surface area (Å²) >= 11 is 0. The first-order valence-electron chi connectivity index (χ1n) is 10.6. The van der Waals surface area contributed by atoms with Crippen LogP contribution in [0, 0.1) is 6.92 Å². The van der Waals surface area contributed by atoms with E-state index in [1.54, 1.807) is 18.2 Å². The van der Waals surface area contributed by atoms with Crippen LogP contribution in [0.15, 0.2) is 71.8 Å². The third-order valence-corrected chi connectivity index (χ3v) is 7.06. The molecule has 9 heteroatoms. The summed E-state index contributed by atoms with van der Waals surface area (Å²) in [5.74, 6) is -0.826. The zero-order chi connectivity index (χ0) is 23.6. The lowest BCUT2D eigenvalue weighted by atomic mass is 10.1. The lowest BCUT2D eigenvalue weighted by Gasteiger charge is -2.42. The normalized spacial score (nSPS) is 16.5. The van der Waals surface area contributed by atoms with Gasteiger partial charge in [0.25, 0.3) is 10.0 Å². The molecular weight excluding hydrogens is 440 g/mol. The van der Waals surface area contributed by atoms with Crippen molar-refractivity contribution in [2.45, 2.75) is 24.8 Å². The van der Waals surface area contributed by atoms with Crippen molar-refractivity contribution in [1.82, 2.24) is 4.98 Å². The fourth-order valence-corrected chi connectivity index (χ4v) is 5.13. The molecular formula is C24H26N4O4S. The molecule has 1 aliphatic heterocycles. The van der Waals surface area contributed by atoms with Crippen LogP contribution in [0.1, 0.15) is 22.8 Å². The number of carboxylic acid groups (broad SMARTS) is 1. The maximum absolute atomic E-state index is 12.6. The summed E-state index contributed by atoms with van der Waals surface area (Å²) in [5.41, 5.74) is 2.38. The lowest BCUT2D eigenvalue weighted by Crippen LogP contribution is -2.52. The van der Waals surface area contributed by atoms with Crippen molar-refractivity contribution in [2.24, 2.45) is 0 Å². The molecule has 0 amide bonds. The Morgan fingerprint density at radius 3 is 2.52 bits per heavy atom. The van der Waals surface area contributed by atoms with Crippen LogP contribution in [0.2, 0.25) is 0 Å². The molecule has 1 unspecified atom stereocenters. The summed E-state index contributed by atoms with van der Waals surface area (Å²) in [5, 5.41) is 9.81. The molecule has 0 aliphatic carbocycles. The summed E-state index contributed by atoms with van der Waals surface area (Å²) in [6.07, 6.45) is 1.36. The number of hydrogen-bond acceptors (Lipinski definition) is 6. The fraction of sp³-hybridized carbons (Fsp3) is 0.250. The highest BCUT2D eigenvalue weighted by atomic mass is 32.2. The van der Waals surface area contributed by atoms with Crippen LogP contribution in [0.25, 0.3) is 0 Å². The third kappa shape index (κ3) is 4.93. The molecule has 1 fully saturated rings. The number of rotatable bonds is 6. The van der Waals surface area contributed by atoms with Crippen LogP contribution in [0.5, 0.6) is 0 Å². The van der Waals surface area contributed by atoms with Gasteiger partial charge in [0.15, 0.2) is 0 Å². The number of hydrogen-bond donors (Lipinski definition) is 2. The highest BCUT2D eigenvalue weighted by molar-refractivity contribution is 7.92. The Labute approximate surface area is 193 Å². The van der Waals surface area contributed by atoms with E-state index in [0.717, 1.165) is 5.69 Å². The molecule has 4 rings (SSSR count). The number of nitrogens with one attached hydrogen (secondary N) is 1. The fourth-order valence-electron chi connectivity index (χ4n) is 4.08. The molecule has 0 bridgehead atoms. The van der Waals surface area contributed by atoms with Gasteiger partial charge in [-0.15, -0.1) is 0 Å². The number of sulfonamides is 1. The summed E-state index contributed by atoms with van der Waals surface area (Å²) in [6, 6.07) is 17.7. The number of carboxylic acids is 1. The second kappa shape index (κ2) is 9.11. The quantitative estimate of drug-likeness (QED) is 0.572. The van der Waals surface area contributed by atoms with Crippen LogP contribution in [-0.4, -0.2) is 50.2 Å². The van der Waals surface area contributed by atoms with Gasteiger partial charge >= 0.3 is 5.97 Å². The molecule has 33 heavy (non-hydrogen) atoms. The first-order valence-corrected chi connectivity index (χ1v) is 12.1. The summed E-state index contributed by atoms with van der Waals surface area (Å²) < 4.78 is 27.6. The van der Waals surface area contributed by atoms with Gasteiger partial charge in [0, 0.05) is 31.4 Å². The third-order valence-electron chi connectivity index (χ3n) is 5.66. The average molecular weight is 467 g/mol.